The quantitative estimate of drug-likeness (QED) is 0.921. The van der Waals surface area contributed by atoms with Gasteiger partial charge < -0.3 is 0 Å². The molecule has 1 N–H and O–H groups in total. The fraction of sp³-hybridized carbons (Fsp3) is 0.412. The highest BCUT2D eigenvalue weighted by Crippen LogP contribution is 2.32. The molecule has 0 aliphatic carbocycles. The summed E-state index contributed by atoms with van der Waals surface area (Å²) in [6, 6.07) is 7.93. The van der Waals surface area contributed by atoms with Crippen LogP contribution in [0, 0.1) is 5.82 Å². The molecule has 0 radical (unpaired) electrons. The van der Waals surface area contributed by atoms with Gasteiger partial charge in [0.25, 0.3) is 0 Å². The van der Waals surface area contributed by atoms with Crippen LogP contribution in [0.4, 0.5) is 4.39 Å². The van der Waals surface area contributed by atoms with Crippen LogP contribution in [0.25, 0.3) is 10.8 Å². The van der Waals surface area contributed by atoms with Crippen molar-refractivity contribution in [1.82, 2.24) is 4.72 Å². The van der Waals surface area contributed by atoms with E-state index in [1.807, 2.05) is 13.8 Å². The Morgan fingerprint density at radius 2 is 1.73 bits per heavy atom. The second-order valence-electron chi connectivity index (χ2n) is 6.83. The Bertz CT molecular complexity index is 805. The molecule has 2 aromatic carbocycles. The predicted molar refractivity (Wildman–Crippen MR) is 88.1 cm³/mol. The smallest absolute Gasteiger partial charge is 0.207 e. The van der Waals surface area contributed by atoms with Crippen LogP contribution in [0.2, 0.25) is 0 Å². The van der Waals surface area contributed by atoms with Gasteiger partial charge >= 0.3 is 0 Å². The predicted octanol–water partition coefficient (Wildman–Crippen LogP) is 4.18. The molecule has 0 unspecified atom stereocenters. The third-order valence-corrected chi connectivity index (χ3v) is 5.14. The Kier molecular flexibility index (Phi) is 4.33. The summed E-state index contributed by atoms with van der Waals surface area (Å²) in [5.41, 5.74) is 0.303. The average Bonchev–Trinajstić information content (AvgIpc) is 2.34. The van der Waals surface area contributed by atoms with Gasteiger partial charge in [0.15, 0.2) is 0 Å². The first-order valence-corrected chi connectivity index (χ1v) is 8.76. The maximum Gasteiger partial charge on any atom is 0.241 e. The lowest BCUT2D eigenvalue weighted by molar-refractivity contribution is 0.491. The van der Waals surface area contributed by atoms with Gasteiger partial charge in [-0.3, -0.25) is 0 Å². The molecule has 22 heavy (non-hydrogen) atoms. The summed E-state index contributed by atoms with van der Waals surface area (Å²) in [5.74, 6) is -0.342. The molecule has 0 bridgehead atoms. The highest BCUT2D eigenvalue weighted by molar-refractivity contribution is 7.89. The minimum absolute atomic E-state index is 0.0140. The first-order chi connectivity index (χ1) is 10.0. The maximum atomic E-state index is 14.4. The van der Waals surface area contributed by atoms with Crippen molar-refractivity contribution < 1.29 is 12.8 Å². The van der Waals surface area contributed by atoms with Gasteiger partial charge in [0.2, 0.25) is 10.0 Å². The number of halogens is 1. The van der Waals surface area contributed by atoms with Crippen molar-refractivity contribution in [2.24, 2.45) is 0 Å². The number of hydrogen-bond acceptors (Lipinski definition) is 2. The Labute approximate surface area is 131 Å². The zero-order valence-electron chi connectivity index (χ0n) is 13.6. The zero-order chi connectivity index (χ0) is 16.7. The Morgan fingerprint density at radius 3 is 2.27 bits per heavy atom. The van der Waals surface area contributed by atoms with Crippen molar-refractivity contribution in [3.63, 3.8) is 0 Å². The number of sulfonamides is 1. The molecular formula is C17H22FNO2S. The molecule has 0 fully saturated rings. The van der Waals surface area contributed by atoms with Gasteiger partial charge in [0.05, 0.1) is 4.90 Å². The van der Waals surface area contributed by atoms with E-state index in [1.165, 1.54) is 12.1 Å². The monoisotopic (exact) mass is 323 g/mol. The van der Waals surface area contributed by atoms with Crippen LogP contribution in [0.3, 0.4) is 0 Å². The fourth-order valence-electron chi connectivity index (χ4n) is 2.54. The summed E-state index contributed by atoms with van der Waals surface area (Å²) in [6.07, 6.45) is 0. The molecule has 0 saturated heterocycles. The molecule has 2 aromatic rings. The van der Waals surface area contributed by atoms with E-state index in [1.54, 1.807) is 39.0 Å². The number of hydrogen-bond donors (Lipinski definition) is 1. The van der Waals surface area contributed by atoms with Crippen LogP contribution in [0.5, 0.6) is 0 Å². The molecule has 0 atom stereocenters. The van der Waals surface area contributed by atoms with E-state index in [-0.39, 0.29) is 16.2 Å². The number of benzene rings is 2. The molecule has 120 valence electrons. The molecule has 3 nitrogen and oxygen atoms in total. The van der Waals surface area contributed by atoms with Crippen molar-refractivity contribution in [3.05, 3.63) is 41.7 Å². The molecule has 0 aromatic heterocycles. The van der Waals surface area contributed by atoms with Crippen molar-refractivity contribution in [2.45, 2.75) is 51.0 Å². The topological polar surface area (TPSA) is 46.2 Å². The standard InChI is InChI=1S/C17H22FNO2S/c1-11(2)12-9-10-15(22(20,21)19-17(3,4)5)16-13(12)7-6-8-14(16)18/h6-11,19H,1-5H3. The molecular weight excluding hydrogens is 301 g/mol. The van der Waals surface area contributed by atoms with E-state index in [0.29, 0.717) is 5.39 Å². The number of nitrogens with one attached hydrogen (secondary N) is 1. The van der Waals surface area contributed by atoms with Crippen LogP contribution in [-0.4, -0.2) is 14.0 Å². The minimum Gasteiger partial charge on any atom is -0.207 e. The second kappa shape index (κ2) is 5.63. The molecule has 0 saturated carbocycles. The Morgan fingerprint density at radius 1 is 1.09 bits per heavy atom. The van der Waals surface area contributed by atoms with Crippen molar-refractivity contribution in [3.8, 4) is 0 Å². The van der Waals surface area contributed by atoms with Crippen molar-refractivity contribution in [2.75, 3.05) is 0 Å². The molecule has 5 heteroatoms. The van der Waals surface area contributed by atoms with Crippen LogP contribution >= 0.6 is 0 Å². The third kappa shape index (κ3) is 3.31. The average molecular weight is 323 g/mol. The first kappa shape index (κ1) is 16.9. The lowest BCUT2D eigenvalue weighted by Gasteiger charge is -2.22. The summed E-state index contributed by atoms with van der Waals surface area (Å²) >= 11 is 0. The summed E-state index contributed by atoms with van der Waals surface area (Å²) in [5, 5.41) is 0.803. The third-order valence-electron chi connectivity index (χ3n) is 3.34. The van der Waals surface area contributed by atoms with Crippen LogP contribution < -0.4 is 4.72 Å². The molecule has 2 rings (SSSR count). The summed E-state index contributed by atoms with van der Waals surface area (Å²) in [4.78, 5) is -0.0140. The largest absolute Gasteiger partial charge is 0.241 e. The SMILES string of the molecule is CC(C)c1ccc(S(=O)(=O)NC(C)(C)C)c2c(F)cccc12. The van der Waals surface area contributed by atoms with E-state index >= 15 is 0 Å². The fourth-order valence-corrected chi connectivity index (χ4v) is 4.18. The molecule has 0 aliphatic heterocycles. The Hall–Kier alpha value is -1.46. The van der Waals surface area contributed by atoms with E-state index in [9.17, 15) is 12.8 Å². The minimum atomic E-state index is -3.80. The van der Waals surface area contributed by atoms with Gasteiger partial charge in [0.1, 0.15) is 5.82 Å². The van der Waals surface area contributed by atoms with E-state index in [2.05, 4.69) is 4.72 Å². The van der Waals surface area contributed by atoms with Crippen molar-refractivity contribution >= 4 is 20.8 Å². The normalized spacial score (nSPS) is 13.0. The van der Waals surface area contributed by atoms with Crippen LogP contribution in [0.15, 0.2) is 35.2 Å². The number of rotatable bonds is 3. The Balaban J connectivity index is 2.80. The van der Waals surface area contributed by atoms with E-state index < -0.39 is 21.4 Å². The van der Waals surface area contributed by atoms with Crippen LogP contribution in [-0.2, 0) is 10.0 Å². The van der Waals surface area contributed by atoms with Gasteiger partial charge in [-0.05, 0) is 49.8 Å². The maximum absolute atomic E-state index is 14.4. The van der Waals surface area contributed by atoms with Crippen LogP contribution in [0.1, 0.15) is 46.1 Å². The van der Waals surface area contributed by atoms with Gasteiger partial charge in [-0.2, -0.15) is 0 Å². The summed E-state index contributed by atoms with van der Waals surface area (Å²) in [7, 11) is -3.80. The van der Waals surface area contributed by atoms with Gasteiger partial charge in [-0.1, -0.05) is 32.0 Å². The lowest BCUT2D eigenvalue weighted by atomic mass is 9.96. The molecule has 0 heterocycles. The molecule has 0 amide bonds. The second-order valence-corrected chi connectivity index (χ2v) is 8.48. The highest BCUT2D eigenvalue weighted by Gasteiger charge is 2.26. The summed E-state index contributed by atoms with van der Waals surface area (Å²) in [6.45, 7) is 9.27. The van der Waals surface area contributed by atoms with Gasteiger partial charge in [-0.15, -0.1) is 0 Å². The van der Waals surface area contributed by atoms with Gasteiger partial charge in [0, 0.05) is 10.9 Å². The number of fused-ring (bicyclic) bond motifs is 1. The zero-order valence-corrected chi connectivity index (χ0v) is 14.4. The first-order valence-electron chi connectivity index (χ1n) is 7.28. The summed E-state index contributed by atoms with van der Waals surface area (Å²) < 4.78 is 42.2. The highest BCUT2D eigenvalue weighted by atomic mass is 32.2. The lowest BCUT2D eigenvalue weighted by Crippen LogP contribution is -2.40. The van der Waals surface area contributed by atoms with E-state index in [0.717, 1.165) is 5.56 Å². The van der Waals surface area contributed by atoms with Crippen molar-refractivity contribution in [1.29, 1.82) is 0 Å². The molecule has 0 aliphatic rings. The molecule has 0 spiro atoms. The van der Waals surface area contributed by atoms with Gasteiger partial charge in [-0.25, -0.2) is 17.5 Å². The van der Waals surface area contributed by atoms with E-state index in [4.69, 9.17) is 0 Å².